The number of rotatable bonds is 2. The molecule has 0 radical (unpaired) electrons. The summed E-state index contributed by atoms with van der Waals surface area (Å²) in [5.41, 5.74) is 0. The summed E-state index contributed by atoms with van der Waals surface area (Å²) in [5.74, 6) is 0.183. The first-order valence-electron chi connectivity index (χ1n) is 5.72. The third-order valence-corrected chi connectivity index (χ3v) is 3.57. The molecular weight excluding hydrogens is 180 g/mol. The monoisotopic (exact) mass is 200 g/mol. The number of hydrogen-bond acceptors (Lipinski definition) is 3. The molecule has 1 heterocycles. The van der Waals surface area contributed by atoms with E-state index in [-0.39, 0.29) is 11.9 Å². The first-order chi connectivity index (χ1) is 6.76. The summed E-state index contributed by atoms with van der Waals surface area (Å²) in [6.07, 6.45) is 4.71. The molecule has 1 saturated heterocycles. The van der Waals surface area contributed by atoms with E-state index in [0.29, 0.717) is 5.92 Å². The van der Waals surface area contributed by atoms with Gasteiger partial charge in [-0.05, 0) is 25.2 Å². The van der Waals surface area contributed by atoms with Gasteiger partial charge in [-0.25, -0.2) is 0 Å². The van der Waals surface area contributed by atoms with E-state index in [1.807, 2.05) is 6.92 Å². The lowest BCUT2D eigenvalue weighted by atomic mass is 9.81. The molecule has 0 aromatic heterocycles. The van der Waals surface area contributed by atoms with Gasteiger partial charge in [0.15, 0.2) is 5.79 Å². The Morgan fingerprint density at radius 3 is 2.36 bits per heavy atom. The van der Waals surface area contributed by atoms with E-state index < -0.39 is 0 Å². The smallest absolute Gasteiger partial charge is 0.168 e. The topological polar surface area (TPSA) is 38.7 Å². The summed E-state index contributed by atoms with van der Waals surface area (Å²) >= 11 is 0. The Labute approximate surface area is 85.4 Å². The summed E-state index contributed by atoms with van der Waals surface area (Å²) in [6.45, 7) is 3.51. The van der Waals surface area contributed by atoms with Gasteiger partial charge in [0.1, 0.15) is 0 Å². The number of aliphatic hydroxyl groups is 1. The van der Waals surface area contributed by atoms with E-state index in [4.69, 9.17) is 9.47 Å². The van der Waals surface area contributed by atoms with E-state index >= 15 is 0 Å². The Bertz CT molecular complexity index is 177. The zero-order chi connectivity index (χ0) is 10.0. The quantitative estimate of drug-likeness (QED) is 0.737. The van der Waals surface area contributed by atoms with Crippen molar-refractivity contribution in [1.29, 1.82) is 0 Å². The van der Waals surface area contributed by atoms with Gasteiger partial charge in [-0.15, -0.1) is 0 Å². The van der Waals surface area contributed by atoms with Crippen LogP contribution in [-0.4, -0.2) is 30.2 Å². The molecule has 0 aromatic carbocycles. The van der Waals surface area contributed by atoms with Crippen molar-refractivity contribution in [2.75, 3.05) is 13.2 Å². The van der Waals surface area contributed by atoms with Crippen molar-refractivity contribution in [2.45, 2.75) is 50.9 Å². The van der Waals surface area contributed by atoms with E-state index in [1.54, 1.807) is 0 Å². The van der Waals surface area contributed by atoms with Crippen LogP contribution < -0.4 is 0 Å². The van der Waals surface area contributed by atoms with Crippen LogP contribution in [0.4, 0.5) is 0 Å². The zero-order valence-electron chi connectivity index (χ0n) is 8.87. The van der Waals surface area contributed by atoms with E-state index in [1.165, 1.54) is 0 Å². The van der Waals surface area contributed by atoms with Crippen LogP contribution in [0, 0.1) is 5.92 Å². The van der Waals surface area contributed by atoms with Gasteiger partial charge in [-0.1, -0.05) is 6.92 Å². The van der Waals surface area contributed by atoms with Crippen molar-refractivity contribution in [2.24, 2.45) is 5.92 Å². The number of aliphatic hydroxyl groups excluding tert-OH is 1. The number of hydrogen-bond donors (Lipinski definition) is 1. The standard InChI is InChI=1S/C11H20O3/c1-2-10(12)9-3-5-11(6-4-9)13-7-8-14-11/h9-10,12H,2-8H2,1H3. The molecular formula is C11H20O3. The van der Waals surface area contributed by atoms with Crippen LogP contribution >= 0.6 is 0 Å². The highest BCUT2D eigenvalue weighted by Gasteiger charge is 2.41. The lowest BCUT2D eigenvalue weighted by molar-refractivity contribution is -0.186. The summed E-state index contributed by atoms with van der Waals surface area (Å²) in [7, 11) is 0. The molecule has 82 valence electrons. The summed E-state index contributed by atoms with van der Waals surface area (Å²) in [5, 5.41) is 9.73. The van der Waals surface area contributed by atoms with Crippen molar-refractivity contribution in [1.82, 2.24) is 0 Å². The maximum atomic E-state index is 9.73. The molecule has 1 spiro atoms. The lowest BCUT2D eigenvalue weighted by Gasteiger charge is -2.36. The predicted molar refractivity (Wildman–Crippen MR) is 52.9 cm³/mol. The minimum atomic E-state index is -0.274. The third kappa shape index (κ3) is 1.95. The minimum Gasteiger partial charge on any atom is -0.393 e. The van der Waals surface area contributed by atoms with Crippen LogP contribution in [0.2, 0.25) is 0 Å². The van der Waals surface area contributed by atoms with Crippen molar-refractivity contribution in [3.05, 3.63) is 0 Å². The highest BCUT2D eigenvalue weighted by Crippen LogP contribution is 2.39. The van der Waals surface area contributed by atoms with Crippen LogP contribution in [0.25, 0.3) is 0 Å². The molecule has 1 N–H and O–H groups in total. The van der Waals surface area contributed by atoms with Crippen LogP contribution in [0.3, 0.4) is 0 Å². The van der Waals surface area contributed by atoms with Gasteiger partial charge in [0.2, 0.25) is 0 Å². The lowest BCUT2D eigenvalue weighted by Crippen LogP contribution is -2.38. The van der Waals surface area contributed by atoms with Gasteiger partial charge in [0.25, 0.3) is 0 Å². The SMILES string of the molecule is CCC(O)C1CCC2(CC1)OCCO2. The second-order valence-corrected chi connectivity index (χ2v) is 4.42. The molecule has 3 heteroatoms. The van der Waals surface area contributed by atoms with Crippen molar-refractivity contribution in [3.63, 3.8) is 0 Å². The Kier molecular flexibility index (Phi) is 3.10. The summed E-state index contributed by atoms with van der Waals surface area (Å²) < 4.78 is 11.3. The van der Waals surface area contributed by atoms with Crippen molar-refractivity contribution >= 4 is 0 Å². The van der Waals surface area contributed by atoms with E-state index in [0.717, 1.165) is 45.3 Å². The molecule has 2 aliphatic rings. The molecule has 1 saturated carbocycles. The van der Waals surface area contributed by atoms with Crippen LogP contribution in [0.5, 0.6) is 0 Å². The second kappa shape index (κ2) is 4.17. The molecule has 1 atom stereocenters. The van der Waals surface area contributed by atoms with E-state index in [2.05, 4.69) is 0 Å². The fourth-order valence-electron chi connectivity index (χ4n) is 2.58. The molecule has 2 fully saturated rings. The largest absolute Gasteiger partial charge is 0.393 e. The van der Waals surface area contributed by atoms with Crippen LogP contribution in [0.1, 0.15) is 39.0 Å². The first kappa shape index (κ1) is 10.4. The van der Waals surface area contributed by atoms with Gasteiger partial charge < -0.3 is 14.6 Å². The van der Waals surface area contributed by atoms with Gasteiger partial charge in [-0.2, -0.15) is 0 Å². The molecule has 0 amide bonds. The Hall–Kier alpha value is -0.120. The molecule has 1 aliphatic heterocycles. The fourth-order valence-corrected chi connectivity index (χ4v) is 2.58. The normalized spacial score (nSPS) is 29.6. The van der Waals surface area contributed by atoms with E-state index in [9.17, 15) is 5.11 Å². The van der Waals surface area contributed by atoms with Crippen molar-refractivity contribution in [3.8, 4) is 0 Å². The average molecular weight is 200 g/mol. The summed E-state index contributed by atoms with van der Waals surface area (Å²) in [4.78, 5) is 0. The van der Waals surface area contributed by atoms with Crippen LogP contribution in [0.15, 0.2) is 0 Å². The third-order valence-electron chi connectivity index (χ3n) is 3.57. The zero-order valence-corrected chi connectivity index (χ0v) is 8.87. The minimum absolute atomic E-state index is 0.131. The maximum Gasteiger partial charge on any atom is 0.168 e. The molecule has 2 rings (SSSR count). The highest BCUT2D eigenvalue weighted by atomic mass is 16.7. The Balaban J connectivity index is 1.85. The average Bonchev–Trinajstić information content (AvgIpc) is 2.67. The molecule has 1 unspecified atom stereocenters. The molecule has 3 nitrogen and oxygen atoms in total. The maximum absolute atomic E-state index is 9.73. The van der Waals surface area contributed by atoms with Gasteiger partial charge in [-0.3, -0.25) is 0 Å². The van der Waals surface area contributed by atoms with Gasteiger partial charge in [0.05, 0.1) is 19.3 Å². The predicted octanol–water partition coefficient (Wildman–Crippen LogP) is 1.69. The summed E-state index contributed by atoms with van der Waals surface area (Å²) in [6, 6.07) is 0. The fraction of sp³-hybridized carbons (Fsp3) is 1.00. The van der Waals surface area contributed by atoms with Crippen LogP contribution in [-0.2, 0) is 9.47 Å². The van der Waals surface area contributed by atoms with Crippen molar-refractivity contribution < 1.29 is 14.6 Å². The molecule has 0 bridgehead atoms. The van der Waals surface area contributed by atoms with Gasteiger partial charge in [0, 0.05) is 12.8 Å². The molecule has 14 heavy (non-hydrogen) atoms. The first-order valence-corrected chi connectivity index (χ1v) is 5.72. The Morgan fingerprint density at radius 1 is 1.29 bits per heavy atom. The number of ether oxygens (including phenoxy) is 2. The Morgan fingerprint density at radius 2 is 1.86 bits per heavy atom. The molecule has 0 aromatic rings. The van der Waals surface area contributed by atoms with Gasteiger partial charge >= 0.3 is 0 Å². The highest BCUT2D eigenvalue weighted by molar-refractivity contribution is 4.84. The molecule has 1 aliphatic carbocycles. The second-order valence-electron chi connectivity index (χ2n) is 4.42.